The van der Waals surface area contributed by atoms with Crippen LogP contribution in [-0.2, 0) is 0 Å². The Morgan fingerprint density at radius 2 is 1.91 bits per heavy atom. The van der Waals surface area contributed by atoms with E-state index in [-0.39, 0.29) is 0 Å². The molecule has 0 amide bonds. The smallest absolute Gasteiger partial charge is 0.156 e. The minimum atomic E-state index is 0.675. The monoisotopic (exact) mass is 150 g/mol. The van der Waals surface area contributed by atoms with Crippen molar-refractivity contribution in [3.8, 4) is 0 Å². The molecule has 0 N–H and O–H groups in total. The lowest BCUT2D eigenvalue weighted by Crippen LogP contribution is -2.00. The van der Waals surface area contributed by atoms with Crippen LogP contribution in [0.3, 0.4) is 0 Å². The van der Waals surface area contributed by atoms with E-state index in [1.165, 1.54) is 12.7 Å². The van der Waals surface area contributed by atoms with Crippen LogP contribution in [0.2, 0.25) is 0 Å². The molecule has 0 aromatic carbocycles. The lowest BCUT2D eigenvalue weighted by atomic mass is 10.5. The van der Waals surface area contributed by atoms with Crippen LogP contribution >= 0.6 is 0 Å². The second kappa shape index (κ2) is 3.65. The highest BCUT2D eigenvalue weighted by atomic mass is 15.0. The van der Waals surface area contributed by atoms with Crippen molar-refractivity contribution in [3.63, 3.8) is 0 Å². The molecule has 0 saturated heterocycles. The highest BCUT2D eigenvalue weighted by Gasteiger charge is 1.85. The molecule has 0 bridgehead atoms. The molecule has 1 aromatic heterocycles. The molecule has 1 heterocycles. The van der Waals surface area contributed by atoms with Gasteiger partial charge in [-0.15, -0.1) is 0 Å². The normalized spacial score (nSPS) is 10.4. The van der Waals surface area contributed by atoms with E-state index >= 15 is 0 Å². The topological polar surface area (TPSA) is 41.9 Å². The second-order valence-electron chi connectivity index (χ2n) is 2.28. The van der Waals surface area contributed by atoms with Crippen molar-refractivity contribution in [2.24, 2.45) is 0 Å². The lowest BCUT2D eigenvalue weighted by Gasteiger charge is -2.01. The summed E-state index contributed by atoms with van der Waals surface area (Å²) in [6.07, 6.45) is 6.65. The van der Waals surface area contributed by atoms with Crippen LogP contribution in [0, 0.1) is 0 Å². The van der Waals surface area contributed by atoms with Gasteiger partial charge in [0.1, 0.15) is 12.7 Å². The molecule has 11 heavy (non-hydrogen) atoms. The van der Waals surface area contributed by atoms with Crippen molar-refractivity contribution < 1.29 is 0 Å². The number of aromatic nitrogens is 3. The Labute approximate surface area is 65.6 Å². The summed E-state index contributed by atoms with van der Waals surface area (Å²) in [6, 6.07) is 0. The van der Waals surface area contributed by atoms with Crippen LogP contribution in [0.25, 0.3) is 6.08 Å². The predicted octanol–water partition coefficient (Wildman–Crippen LogP) is 0.404. The Balaban J connectivity index is 2.65. The quantitative estimate of drug-likeness (QED) is 0.612. The summed E-state index contributed by atoms with van der Waals surface area (Å²) in [5.41, 5.74) is 0. The first kappa shape index (κ1) is 7.65. The zero-order chi connectivity index (χ0) is 8.10. The summed E-state index contributed by atoms with van der Waals surface area (Å²) in [7, 11) is 3.88. The fourth-order valence-electron chi connectivity index (χ4n) is 0.550. The average Bonchev–Trinajstić information content (AvgIpc) is 2.03. The molecular formula is C7H10N4. The molecule has 0 aliphatic heterocycles. The largest absolute Gasteiger partial charge is 0.383 e. The fraction of sp³-hybridized carbons (Fsp3) is 0.286. The molecule has 1 rings (SSSR count). The molecule has 0 radical (unpaired) electrons. The third-order valence-electron chi connectivity index (χ3n) is 1.04. The van der Waals surface area contributed by atoms with E-state index in [0.29, 0.717) is 5.82 Å². The van der Waals surface area contributed by atoms with Gasteiger partial charge in [0, 0.05) is 20.3 Å². The van der Waals surface area contributed by atoms with Crippen molar-refractivity contribution >= 4 is 6.08 Å². The molecule has 58 valence electrons. The first-order chi connectivity index (χ1) is 5.29. The molecular weight excluding hydrogens is 140 g/mol. The van der Waals surface area contributed by atoms with Crippen molar-refractivity contribution in [2.45, 2.75) is 0 Å². The summed E-state index contributed by atoms with van der Waals surface area (Å²) in [5.74, 6) is 0.675. The zero-order valence-electron chi connectivity index (χ0n) is 6.60. The van der Waals surface area contributed by atoms with E-state index in [9.17, 15) is 0 Å². The van der Waals surface area contributed by atoms with Gasteiger partial charge in [-0.2, -0.15) is 0 Å². The van der Waals surface area contributed by atoms with Crippen molar-refractivity contribution in [1.82, 2.24) is 19.9 Å². The van der Waals surface area contributed by atoms with Gasteiger partial charge in [0.2, 0.25) is 0 Å². The van der Waals surface area contributed by atoms with Crippen LogP contribution < -0.4 is 0 Å². The molecule has 0 aliphatic carbocycles. The summed E-state index contributed by atoms with van der Waals surface area (Å²) in [4.78, 5) is 13.5. The highest BCUT2D eigenvalue weighted by Crippen LogP contribution is 1.89. The second-order valence-corrected chi connectivity index (χ2v) is 2.28. The van der Waals surface area contributed by atoms with Gasteiger partial charge < -0.3 is 4.90 Å². The molecule has 1 aromatic rings. The minimum Gasteiger partial charge on any atom is -0.383 e. The Bertz CT molecular complexity index is 229. The highest BCUT2D eigenvalue weighted by molar-refractivity contribution is 5.37. The van der Waals surface area contributed by atoms with Gasteiger partial charge in [-0.1, -0.05) is 0 Å². The number of hydrogen-bond donors (Lipinski definition) is 0. The molecule has 0 saturated carbocycles. The van der Waals surface area contributed by atoms with Crippen LogP contribution in [-0.4, -0.2) is 33.9 Å². The van der Waals surface area contributed by atoms with Gasteiger partial charge in [0.15, 0.2) is 5.82 Å². The molecule has 0 spiro atoms. The van der Waals surface area contributed by atoms with Crippen molar-refractivity contribution in [1.29, 1.82) is 0 Å². The number of nitrogens with zero attached hydrogens (tertiary/aromatic N) is 4. The van der Waals surface area contributed by atoms with E-state index in [2.05, 4.69) is 15.0 Å². The van der Waals surface area contributed by atoms with Crippen molar-refractivity contribution in [2.75, 3.05) is 14.1 Å². The minimum absolute atomic E-state index is 0.675. The molecule has 4 heteroatoms. The van der Waals surface area contributed by atoms with Crippen LogP contribution in [0.5, 0.6) is 0 Å². The number of rotatable bonds is 2. The van der Waals surface area contributed by atoms with Gasteiger partial charge in [0.05, 0.1) is 0 Å². The van der Waals surface area contributed by atoms with E-state index < -0.39 is 0 Å². The third kappa shape index (κ3) is 2.75. The van der Waals surface area contributed by atoms with Gasteiger partial charge >= 0.3 is 0 Å². The molecule has 4 nitrogen and oxygen atoms in total. The van der Waals surface area contributed by atoms with E-state index in [1.54, 1.807) is 0 Å². The fourth-order valence-corrected chi connectivity index (χ4v) is 0.550. The van der Waals surface area contributed by atoms with Crippen LogP contribution in [0.4, 0.5) is 0 Å². The van der Waals surface area contributed by atoms with Gasteiger partial charge in [-0.25, -0.2) is 15.0 Å². The molecule has 0 atom stereocenters. The lowest BCUT2D eigenvalue weighted by molar-refractivity contribution is 0.567. The Morgan fingerprint density at radius 3 is 2.45 bits per heavy atom. The van der Waals surface area contributed by atoms with Crippen molar-refractivity contribution in [3.05, 3.63) is 24.7 Å². The van der Waals surface area contributed by atoms with E-state index in [4.69, 9.17) is 0 Å². The maximum absolute atomic E-state index is 3.92. The van der Waals surface area contributed by atoms with Crippen LogP contribution in [0.1, 0.15) is 5.82 Å². The van der Waals surface area contributed by atoms with E-state index in [1.807, 2.05) is 31.3 Å². The van der Waals surface area contributed by atoms with E-state index in [0.717, 1.165) is 0 Å². The van der Waals surface area contributed by atoms with Gasteiger partial charge in [0.25, 0.3) is 0 Å². The van der Waals surface area contributed by atoms with Crippen LogP contribution in [0.15, 0.2) is 18.9 Å². The zero-order valence-corrected chi connectivity index (χ0v) is 6.60. The van der Waals surface area contributed by atoms with Gasteiger partial charge in [-0.3, -0.25) is 0 Å². The maximum atomic E-state index is 3.92. The number of hydrogen-bond acceptors (Lipinski definition) is 4. The third-order valence-corrected chi connectivity index (χ3v) is 1.04. The van der Waals surface area contributed by atoms with Gasteiger partial charge in [-0.05, 0) is 6.08 Å². The standard InChI is InChI=1S/C7H10N4/c1-11(2)4-3-7-9-5-8-6-10-7/h3-6H,1-2H3. The Morgan fingerprint density at radius 1 is 1.27 bits per heavy atom. The summed E-state index contributed by atoms with van der Waals surface area (Å²) < 4.78 is 0. The average molecular weight is 150 g/mol. The first-order valence-corrected chi connectivity index (χ1v) is 3.25. The summed E-state index contributed by atoms with van der Waals surface area (Å²) >= 11 is 0. The summed E-state index contributed by atoms with van der Waals surface area (Å²) in [6.45, 7) is 0. The molecule has 0 unspecified atom stereocenters. The SMILES string of the molecule is CN(C)C=Cc1ncncn1. The molecule has 0 aliphatic rings. The Hall–Kier alpha value is -1.45. The predicted molar refractivity (Wildman–Crippen MR) is 42.5 cm³/mol. The Kier molecular flexibility index (Phi) is 2.54. The molecule has 0 fully saturated rings. The summed E-state index contributed by atoms with van der Waals surface area (Å²) in [5, 5.41) is 0. The maximum Gasteiger partial charge on any atom is 0.156 e. The first-order valence-electron chi connectivity index (χ1n) is 3.25.